The number of amides is 1. The highest BCUT2D eigenvalue weighted by Crippen LogP contribution is 2.47. The molecule has 3 aliphatic rings. The van der Waals surface area contributed by atoms with Gasteiger partial charge in [-0.1, -0.05) is 37.3 Å². The molecule has 0 spiro atoms. The van der Waals surface area contributed by atoms with Crippen molar-refractivity contribution < 1.29 is 17.6 Å². The Labute approximate surface area is 196 Å². The van der Waals surface area contributed by atoms with Crippen LogP contribution in [0.3, 0.4) is 0 Å². The number of sulfonamides is 1. The van der Waals surface area contributed by atoms with Crippen molar-refractivity contribution in [3.05, 3.63) is 59.5 Å². The third kappa shape index (κ3) is 5.50. The van der Waals surface area contributed by atoms with Crippen LogP contribution in [0, 0.1) is 5.92 Å². The van der Waals surface area contributed by atoms with E-state index in [2.05, 4.69) is 24.0 Å². The quantitative estimate of drug-likeness (QED) is 0.562. The lowest BCUT2D eigenvalue weighted by Crippen LogP contribution is -2.52. The molecule has 33 heavy (non-hydrogen) atoms. The summed E-state index contributed by atoms with van der Waals surface area (Å²) in [6, 6.07) is 13.8. The summed E-state index contributed by atoms with van der Waals surface area (Å²) in [5.74, 6) is 3.35. The molecule has 0 radical (unpaired) electrons. The number of nitrogens with zero attached hydrogens (tertiary/aromatic N) is 3. The fourth-order valence-electron chi connectivity index (χ4n) is 4.72. The molecular formula is C25H33N3O4S. The Morgan fingerprint density at radius 3 is 2.39 bits per heavy atom. The molecule has 3 fully saturated rings. The zero-order chi connectivity index (χ0) is 23.0. The van der Waals surface area contributed by atoms with Crippen LogP contribution in [0.15, 0.2) is 46.9 Å². The average molecular weight is 472 g/mol. The van der Waals surface area contributed by atoms with Gasteiger partial charge in [-0.2, -0.15) is 4.31 Å². The van der Waals surface area contributed by atoms with Gasteiger partial charge in [0, 0.05) is 38.1 Å². The van der Waals surface area contributed by atoms with Crippen molar-refractivity contribution in [2.24, 2.45) is 5.92 Å². The van der Waals surface area contributed by atoms with Crippen molar-refractivity contribution in [2.45, 2.75) is 50.4 Å². The van der Waals surface area contributed by atoms with Gasteiger partial charge in [0.25, 0.3) is 0 Å². The van der Waals surface area contributed by atoms with E-state index in [0.29, 0.717) is 57.1 Å². The molecule has 2 unspecified atom stereocenters. The molecule has 5 rings (SSSR count). The first-order valence-corrected chi connectivity index (χ1v) is 13.6. The van der Waals surface area contributed by atoms with E-state index in [1.807, 2.05) is 35.2 Å². The Morgan fingerprint density at radius 2 is 1.76 bits per heavy atom. The number of furan rings is 1. The number of carbonyl (C=O) groups is 1. The van der Waals surface area contributed by atoms with E-state index in [1.54, 1.807) is 0 Å². The van der Waals surface area contributed by atoms with Gasteiger partial charge in [0.1, 0.15) is 11.5 Å². The maximum Gasteiger partial charge on any atom is 0.236 e. The number of hydrogen-bond donors (Lipinski definition) is 0. The Balaban J connectivity index is 1.13. The normalized spacial score (nSPS) is 23.8. The predicted molar refractivity (Wildman–Crippen MR) is 126 cm³/mol. The number of rotatable bonds is 9. The first kappa shape index (κ1) is 22.6. The first-order valence-electron chi connectivity index (χ1n) is 12.0. The molecule has 1 amide bonds. The lowest BCUT2D eigenvalue weighted by atomic mass is 10.2. The Morgan fingerprint density at radius 1 is 1.06 bits per heavy atom. The van der Waals surface area contributed by atoms with Gasteiger partial charge in [0.2, 0.25) is 15.9 Å². The molecule has 0 N–H and O–H groups in total. The standard InChI is InChI=1S/C25H33N3O4S/c1-19-15-23(19)24-10-9-22(32-24)16-27(21-7-8-21)17-25(29)26-11-13-28(14-12-26)33(30,31)18-20-5-3-2-4-6-20/h2-6,9-10,19,21,23H,7-8,11-18H2,1H3. The van der Waals surface area contributed by atoms with Crippen molar-refractivity contribution in [3.8, 4) is 0 Å². The van der Waals surface area contributed by atoms with Gasteiger partial charge in [-0.3, -0.25) is 9.69 Å². The molecule has 2 aromatic rings. The van der Waals surface area contributed by atoms with E-state index in [9.17, 15) is 13.2 Å². The molecule has 7 nitrogen and oxygen atoms in total. The summed E-state index contributed by atoms with van der Waals surface area (Å²) in [7, 11) is -3.38. The summed E-state index contributed by atoms with van der Waals surface area (Å²) in [6.45, 7) is 4.84. The monoisotopic (exact) mass is 471 g/mol. The van der Waals surface area contributed by atoms with Crippen LogP contribution in [0.25, 0.3) is 0 Å². The lowest BCUT2D eigenvalue weighted by molar-refractivity contribution is -0.134. The summed E-state index contributed by atoms with van der Waals surface area (Å²) >= 11 is 0. The molecule has 1 aromatic heterocycles. The smallest absolute Gasteiger partial charge is 0.236 e. The van der Waals surface area contributed by atoms with Crippen LogP contribution in [0.4, 0.5) is 0 Å². The van der Waals surface area contributed by atoms with Gasteiger partial charge in [0.05, 0.1) is 18.8 Å². The van der Waals surface area contributed by atoms with Crippen molar-refractivity contribution in [1.29, 1.82) is 0 Å². The number of benzene rings is 1. The average Bonchev–Trinajstić information content (AvgIpc) is 3.73. The molecule has 2 heterocycles. The molecular weight excluding hydrogens is 438 g/mol. The van der Waals surface area contributed by atoms with E-state index < -0.39 is 10.0 Å². The predicted octanol–water partition coefficient (Wildman–Crippen LogP) is 3.04. The fourth-order valence-corrected chi connectivity index (χ4v) is 6.23. The maximum atomic E-state index is 13.0. The minimum atomic E-state index is -3.38. The van der Waals surface area contributed by atoms with Gasteiger partial charge in [-0.15, -0.1) is 0 Å². The second kappa shape index (κ2) is 9.24. The van der Waals surface area contributed by atoms with Gasteiger partial charge >= 0.3 is 0 Å². The second-order valence-electron chi connectivity index (χ2n) is 9.78. The molecule has 1 saturated heterocycles. The van der Waals surface area contributed by atoms with Crippen LogP contribution in [-0.2, 0) is 27.1 Å². The zero-order valence-corrected chi connectivity index (χ0v) is 20.0. The SMILES string of the molecule is CC1CC1c1ccc(CN(CC(=O)N2CCN(S(=O)(=O)Cc3ccccc3)CC2)C2CC2)o1. The highest BCUT2D eigenvalue weighted by molar-refractivity contribution is 7.88. The number of hydrogen-bond acceptors (Lipinski definition) is 5. The summed E-state index contributed by atoms with van der Waals surface area (Å²) in [5.41, 5.74) is 0.785. The van der Waals surface area contributed by atoms with Crippen LogP contribution >= 0.6 is 0 Å². The first-order chi connectivity index (χ1) is 15.9. The van der Waals surface area contributed by atoms with E-state index in [1.165, 1.54) is 10.7 Å². The van der Waals surface area contributed by atoms with E-state index in [4.69, 9.17) is 4.42 Å². The van der Waals surface area contributed by atoms with Crippen LogP contribution in [0.5, 0.6) is 0 Å². The molecule has 2 aliphatic carbocycles. The van der Waals surface area contributed by atoms with Crippen molar-refractivity contribution >= 4 is 15.9 Å². The van der Waals surface area contributed by atoms with Gasteiger partial charge in [-0.05, 0) is 42.9 Å². The number of piperazine rings is 1. The highest BCUT2D eigenvalue weighted by atomic mass is 32.2. The molecule has 178 valence electrons. The van der Waals surface area contributed by atoms with Crippen molar-refractivity contribution in [2.75, 3.05) is 32.7 Å². The van der Waals surface area contributed by atoms with Crippen LogP contribution in [0.2, 0.25) is 0 Å². The van der Waals surface area contributed by atoms with Crippen LogP contribution < -0.4 is 0 Å². The fraction of sp³-hybridized carbons (Fsp3) is 0.560. The number of carbonyl (C=O) groups excluding carboxylic acids is 1. The van der Waals surface area contributed by atoms with E-state index in [0.717, 1.165) is 29.9 Å². The van der Waals surface area contributed by atoms with Gasteiger partial charge in [0.15, 0.2) is 0 Å². The van der Waals surface area contributed by atoms with Crippen LogP contribution in [0.1, 0.15) is 49.2 Å². The lowest BCUT2D eigenvalue weighted by Gasteiger charge is -2.35. The van der Waals surface area contributed by atoms with Gasteiger partial charge in [-0.25, -0.2) is 8.42 Å². The molecule has 8 heteroatoms. The molecule has 1 aromatic carbocycles. The minimum Gasteiger partial charge on any atom is -0.464 e. The Kier molecular flexibility index (Phi) is 6.33. The molecule has 2 saturated carbocycles. The van der Waals surface area contributed by atoms with Crippen molar-refractivity contribution in [1.82, 2.24) is 14.1 Å². The van der Waals surface area contributed by atoms with Crippen molar-refractivity contribution in [3.63, 3.8) is 0 Å². The molecule has 2 atom stereocenters. The maximum absolute atomic E-state index is 13.0. The summed E-state index contributed by atoms with van der Waals surface area (Å²) in [4.78, 5) is 17.1. The van der Waals surface area contributed by atoms with Gasteiger partial charge < -0.3 is 9.32 Å². The minimum absolute atomic E-state index is 0.00200. The third-order valence-electron chi connectivity index (χ3n) is 7.09. The zero-order valence-electron chi connectivity index (χ0n) is 19.2. The van der Waals surface area contributed by atoms with E-state index >= 15 is 0 Å². The van der Waals surface area contributed by atoms with E-state index in [-0.39, 0.29) is 11.7 Å². The summed E-state index contributed by atoms with van der Waals surface area (Å²) < 4.78 is 33.2. The molecule has 1 aliphatic heterocycles. The summed E-state index contributed by atoms with van der Waals surface area (Å²) in [5, 5.41) is 0. The Bertz CT molecular complexity index is 1070. The largest absolute Gasteiger partial charge is 0.464 e. The summed E-state index contributed by atoms with van der Waals surface area (Å²) in [6.07, 6.45) is 3.43. The second-order valence-corrected chi connectivity index (χ2v) is 11.8. The molecule has 0 bridgehead atoms. The Hall–Kier alpha value is -2.16. The van der Waals surface area contributed by atoms with Crippen LogP contribution in [-0.4, -0.2) is 67.2 Å². The topological polar surface area (TPSA) is 74.1 Å². The third-order valence-corrected chi connectivity index (χ3v) is 8.94. The highest BCUT2D eigenvalue weighted by Gasteiger charge is 2.37.